The first-order chi connectivity index (χ1) is 10.1. The van der Waals surface area contributed by atoms with Crippen molar-refractivity contribution in [3.63, 3.8) is 0 Å². The number of rotatable bonds is 6. The molecule has 1 saturated carbocycles. The monoisotopic (exact) mass is 292 g/mol. The minimum atomic E-state index is 0.600. The Balaban J connectivity index is 2.15. The largest absolute Gasteiger partial charge is 0.493 e. The molecule has 1 aliphatic rings. The third kappa shape index (κ3) is 3.50. The Morgan fingerprint density at radius 1 is 1.19 bits per heavy atom. The lowest BCUT2D eigenvalue weighted by Gasteiger charge is -2.29. The molecule has 2 atom stereocenters. The van der Waals surface area contributed by atoms with Gasteiger partial charge < -0.3 is 15.2 Å². The number of nitrogens with zero attached hydrogens (tertiary/aromatic N) is 1. The van der Waals surface area contributed by atoms with Crippen molar-refractivity contribution in [1.82, 2.24) is 4.90 Å². The lowest BCUT2D eigenvalue weighted by atomic mass is 10.0. The highest BCUT2D eigenvalue weighted by Gasteiger charge is 2.29. The summed E-state index contributed by atoms with van der Waals surface area (Å²) >= 11 is 0. The minimum absolute atomic E-state index is 0.600. The lowest BCUT2D eigenvalue weighted by Crippen LogP contribution is -2.37. The van der Waals surface area contributed by atoms with Crippen molar-refractivity contribution in [2.45, 2.75) is 38.8 Å². The van der Waals surface area contributed by atoms with E-state index in [1.807, 2.05) is 0 Å². The Morgan fingerprint density at radius 3 is 2.48 bits per heavy atom. The predicted octanol–water partition coefficient (Wildman–Crippen LogP) is 2.57. The van der Waals surface area contributed by atoms with Crippen molar-refractivity contribution in [3.8, 4) is 11.5 Å². The van der Waals surface area contributed by atoms with Crippen LogP contribution in [0.15, 0.2) is 12.1 Å². The summed E-state index contributed by atoms with van der Waals surface area (Å²) in [5.41, 5.74) is 8.43. The molecular formula is C17H28N2O2. The molecule has 0 heterocycles. The standard InChI is InChI=1S/C17H28N2O2/c1-12-8-16(20-3)17(21-4)9-14(12)11-19(2)15-7-5-6-13(15)10-18/h8-9,13,15H,5-7,10-11,18H2,1-4H3. The van der Waals surface area contributed by atoms with Crippen LogP contribution in [0.25, 0.3) is 0 Å². The van der Waals surface area contributed by atoms with E-state index < -0.39 is 0 Å². The third-order valence-corrected chi connectivity index (χ3v) is 4.75. The van der Waals surface area contributed by atoms with Crippen LogP contribution in [0.2, 0.25) is 0 Å². The van der Waals surface area contributed by atoms with E-state index in [4.69, 9.17) is 15.2 Å². The van der Waals surface area contributed by atoms with Crippen molar-refractivity contribution in [2.75, 3.05) is 27.8 Å². The summed E-state index contributed by atoms with van der Waals surface area (Å²) < 4.78 is 10.8. The molecule has 1 aromatic carbocycles. The van der Waals surface area contributed by atoms with E-state index in [9.17, 15) is 0 Å². The molecule has 4 heteroatoms. The highest BCUT2D eigenvalue weighted by molar-refractivity contribution is 5.47. The summed E-state index contributed by atoms with van der Waals surface area (Å²) in [5.74, 6) is 2.23. The molecule has 2 rings (SSSR count). The molecule has 4 nitrogen and oxygen atoms in total. The molecule has 0 saturated heterocycles. The Bertz CT molecular complexity index is 476. The van der Waals surface area contributed by atoms with Gasteiger partial charge in [0.25, 0.3) is 0 Å². The van der Waals surface area contributed by atoms with E-state index in [1.54, 1.807) is 14.2 Å². The Morgan fingerprint density at radius 2 is 1.86 bits per heavy atom. The Labute approximate surface area is 128 Å². The Hall–Kier alpha value is -1.26. The first kappa shape index (κ1) is 16.1. The van der Waals surface area contributed by atoms with E-state index in [0.717, 1.165) is 24.6 Å². The van der Waals surface area contributed by atoms with Crippen molar-refractivity contribution in [2.24, 2.45) is 11.7 Å². The number of ether oxygens (including phenoxy) is 2. The average molecular weight is 292 g/mol. The molecule has 0 bridgehead atoms. The van der Waals surface area contributed by atoms with E-state index in [-0.39, 0.29) is 0 Å². The van der Waals surface area contributed by atoms with Crippen molar-refractivity contribution < 1.29 is 9.47 Å². The predicted molar refractivity (Wildman–Crippen MR) is 85.9 cm³/mol. The number of aryl methyl sites for hydroxylation is 1. The van der Waals surface area contributed by atoms with E-state index in [2.05, 4.69) is 31.0 Å². The van der Waals surface area contributed by atoms with Crippen LogP contribution in [0, 0.1) is 12.8 Å². The molecule has 2 unspecified atom stereocenters. The molecule has 118 valence electrons. The van der Waals surface area contributed by atoms with Gasteiger partial charge in [-0.2, -0.15) is 0 Å². The summed E-state index contributed by atoms with van der Waals surface area (Å²) in [6.45, 7) is 3.84. The maximum atomic E-state index is 5.91. The van der Waals surface area contributed by atoms with Gasteiger partial charge in [0, 0.05) is 12.6 Å². The second-order valence-corrected chi connectivity index (χ2v) is 6.04. The van der Waals surface area contributed by atoms with Gasteiger partial charge in [0.1, 0.15) is 0 Å². The fourth-order valence-corrected chi connectivity index (χ4v) is 3.45. The fraction of sp³-hybridized carbons (Fsp3) is 0.647. The molecule has 0 aromatic heterocycles. The zero-order valence-electron chi connectivity index (χ0n) is 13.7. The molecule has 2 N–H and O–H groups in total. The highest BCUT2D eigenvalue weighted by atomic mass is 16.5. The number of benzene rings is 1. The molecule has 1 aromatic rings. The number of hydrogen-bond acceptors (Lipinski definition) is 4. The SMILES string of the molecule is COc1cc(C)c(CN(C)C2CCCC2CN)cc1OC. The first-order valence-corrected chi connectivity index (χ1v) is 7.72. The average Bonchev–Trinajstić information content (AvgIpc) is 2.97. The summed E-state index contributed by atoms with van der Waals surface area (Å²) in [6.07, 6.45) is 3.81. The van der Waals surface area contributed by atoms with Gasteiger partial charge in [0.05, 0.1) is 14.2 Å². The quantitative estimate of drug-likeness (QED) is 0.875. The summed E-state index contributed by atoms with van der Waals surface area (Å²) in [6, 6.07) is 4.75. The van der Waals surface area contributed by atoms with Crippen LogP contribution >= 0.6 is 0 Å². The van der Waals surface area contributed by atoms with E-state index in [0.29, 0.717) is 12.0 Å². The van der Waals surface area contributed by atoms with E-state index in [1.165, 1.54) is 30.4 Å². The number of nitrogens with two attached hydrogens (primary N) is 1. The van der Waals surface area contributed by atoms with Gasteiger partial charge in [-0.25, -0.2) is 0 Å². The normalized spacial score (nSPS) is 21.8. The number of hydrogen-bond donors (Lipinski definition) is 1. The van der Waals surface area contributed by atoms with Crippen LogP contribution in [-0.2, 0) is 6.54 Å². The number of methoxy groups -OCH3 is 2. The topological polar surface area (TPSA) is 47.7 Å². The minimum Gasteiger partial charge on any atom is -0.493 e. The van der Waals surface area contributed by atoms with Crippen LogP contribution < -0.4 is 15.2 Å². The zero-order valence-corrected chi connectivity index (χ0v) is 13.7. The molecule has 0 aliphatic heterocycles. The molecule has 21 heavy (non-hydrogen) atoms. The fourth-order valence-electron chi connectivity index (χ4n) is 3.45. The molecule has 0 spiro atoms. The third-order valence-electron chi connectivity index (χ3n) is 4.75. The maximum absolute atomic E-state index is 5.91. The zero-order chi connectivity index (χ0) is 15.4. The molecular weight excluding hydrogens is 264 g/mol. The van der Waals surface area contributed by atoms with Crippen molar-refractivity contribution >= 4 is 0 Å². The highest BCUT2D eigenvalue weighted by Crippen LogP contribution is 2.33. The van der Waals surface area contributed by atoms with Crippen LogP contribution in [0.4, 0.5) is 0 Å². The van der Waals surface area contributed by atoms with Gasteiger partial charge in [-0.15, -0.1) is 0 Å². The molecule has 1 fully saturated rings. The molecule has 1 aliphatic carbocycles. The second kappa shape index (κ2) is 7.14. The van der Waals surface area contributed by atoms with Gasteiger partial charge >= 0.3 is 0 Å². The van der Waals surface area contributed by atoms with Gasteiger partial charge in [0.2, 0.25) is 0 Å². The van der Waals surface area contributed by atoms with Crippen molar-refractivity contribution in [3.05, 3.63) is 23.3 Å². The Kier molecular flexibility index (Phi) is 5.48. The molecule has 0 amide bonds. The van der Waals surface area contributed by atoms with Crippen LogP contribution in [0.5, 0.6) is 11.5 Å². The van der Waals surface area contributed by atoms with Gasteiger partial charge in [-0.05, 0) is 62.5 Å². The van der Waals surface area contributed by atoms with E-state index >= 15 is 0 Å². The summed E-state index contributed by atoms with van der Waals surface area (Å²) in [7, 11) is 5.56. The summed E-state index contributed by atoms with van der Waals surface area (Å²) in [5, 5.41) is 0. The molecule has 0 radical (unpaired) electrons. The smallest absolute Gasteiger partial charge is 0.161 e. The second-order valence-electron chi connectivity index (χ2n) is 6.04. The van der Waals surface area contributed by atoms with Crippen LogP contribution in [0.3, 0.4) is 0 Å². The first-order valence-electron chi connectivity index (χ1n) is 7.72. The van der Waals surface area contributed by atoms with Crippen molar-refractivity contribution in [1.29, 1.82) is 0 Å². The lowest BCUT2D eigenvalue weighted by molar-refractivity contribution is 0.192. The van der Waals surface area contributed by atoms with Crippen LogP contribution in [0.1, 0.15) is 30.4 Å². The summed E-state index contributed by atoms with van der Waals surface area (Å²) in [4.78, 5) is 2.44. The van der Waals surface area contributed by atoms with Gasteiger partial charge in [-0.1, -0.05) is 6.42 Å². The van der Waals surface area contributed by atoms with Crippen LogP contribution in [-0.4, -0.2) is 38.8 Å². The maximum Gasteiger partial charge on any atom is 0.161 e. The van der Waals surface area contributed by atoms with Gasteiger partial charge in [-0.3, -0.25) is 4.90 Å². The van der Waals surface area contributed by atoms with Gasteiger partial charge in [0.15, 0.2) is 11.5 Å².